The number of piperazine rings is 1. The first kappa shape index (κ1) is 14.5. The van der Waals surface area contributed by atoms with Crippen LogP contribution in [-0.4, -0.2) is 59.1 Å². The molecule has 1 aromatic carbocycles. The first-order valence-corrected chi connectivity index (χ1v) is 7.61. The zero-order valence-electron chi connectivity index (χ0n) is 12.4. The van der Waals surface area contributed by atoms with Gasteiger partial charge >= 0.3 is 0 Å². The summed E-state index contributed by atoms with van der Waals surface area (Å²) in [6, 6.07) is 8.08. The van der Waals surface area contributed by atoms with E-state index in [-0.39, 0.29) is 18.0 Å². The summed E-state index contributed by atoms with van der Waals surface area (Å²) in [5.74, 6) is -0.267. The standard InChI is InChI=1S/C16H23N3O2/c1-11(16(17)21)18-6-8-19(9-7-18)14-10-12-4-2-3-5-13(12)15(14)20/h2-5,11,14-15,20H,6-10H2,1H3,(H2,17,21)/t11-,14-,15+/m1/s1. The Labute approximate surface area is 125 Å². The highest BCUT2D eigenvalue weighted by atomic mass is 16.3. The number of carbonyl (C=O) groups excluding carboxylic acids is 1. The van der Waals surface area contributed by atoms with E-state index in [0.717, 1.165) is 38.2 Å². The second kappa shape index (κ2) is 5.75. The Bertz CT molecular complexity index is 526. The van der Waals surface area contributed by atoms with E-state index in [4.69, 9.17) is 5.73 Å². The van der Waals surface area contributed by atoms with Crippen LogP contribution in [0.1, 0.15) is 24.2 Å². The Morgan fingerprint density at radius 2 is 1.95 bits per heavy atom. The molecule has 3 atom stereocenters. The molecule has 21 heavy (non-hydrogen) atoms. The van der Waals surface area contributed by atoms with Gasteiger partial charge in [-0.1, -0.05) is 24.3 Å². The minimum absolute atomic E-state index is 0.161. The molecule has 0 spiro atoms. The Kier molecular flexibility index (Phi) is 3.97. The zero-order valence-corrected chi connectivity index (χ0v) is 12.4. The van der Waals surface area contributed by atoms with E-state index in [0.29, 0.717) is 0 Å². The lowest BCUT2D eigenvalue weighted by Gasteiger charge is -2.40. The van der Waals surface area contributed by atoms with Gasteiger partial charge in [0.15, 0.2) is 0 Å². The van der Waals surface area contributed by atoms with Gasteiger partial charge in [0, 0.05) is 32.2 Å². The van der Waals surface area contributed by atoms with Gasteiger partial charge in [-0.2, -0.15) is 0 Å². The summed E-state index contributed by atoms with van der Waals surface area (Å²) in [6.45, 7) is 5.24. The SMILES string of the molecule is C[C@H](C(N)=O)N1CCN([C@@H]2Cc3ccccc3[C@@H]2O)CC1. The lowest BCUT2D eigenvalue weighted by atomic mass is 10.1. The normalized spacial score (nSPS) is 28.3. The number of amides is 1. The minimum atomic E-state index is -0.402. The molecule has 0 radical (unpaired) electrons. The molecule has 3 N–H and O–H groups in total. The molecule has 1 aromatic rings. The number of nitrogens with zero attached hydrogens (tertiary/aromatic N) is 2. The minimum Gasteiger partial charge on any atom is -0.387 e. The van der Waals surface area contributed by atoms with E-state index < -0.39 is 6.10 Å². The predicted molar refractivity (Wildman–Crippen MR) is 80.7 cm³/mol. The Hall–Kier alpha value is -1.43. The summed E-state index contributed by atoms with van der Waals surface area (Å²) in [5.41, 5.74) is 7.69. The largest absolute Gasteiger partial charge is 0.387 e. The number of rotatable bonds is 3. The van der Waals surface area contributed by atoms with E-state index >= 15 is 0 Å². The molecule has 2 aliphatic rings. The molecule has 0 saturated carbocycles. The van der Waals surface area contributed by atoms with Crippen molar-refractivity contribution in [2.45, 2.75) is 31.5 Å². The highest BCUT2D eigenvalue weighted by Gasteiger charge is 2.36. The van der Waals surface area contributed by atoms with Crippen molar-refractivity contribution in [2.75, 3.05) is 26.2 Å². The lowest BCUT2D eigenvalue weighted by molar-refractivity contribution is -0.123. The fraction of sp³-hybridized carbons (Fsp3) is 0.562. The van der Waals surface area contributed by atoms with Gasteiger partial charge in [0.05, 0.1) is 12.1 Å². The second-order valence-electron chi connectivity index (χ2n) is 6.07. The molecule has 114 valence electrons. The number of primary amides is 1. The van der Waals surface area contributed by atoms with Crippen molar-refractivity contribution in [1.82, 2.24) is 9.80 Å². The van der Waals surface area contributed by atoms with Crippen molar-refractivity contribution in [3.63, 3.8) is 0 Å². The Morgan fingerprint density at radius 3 is 2.57 bits per heavy atom. The van der Waals surface area contributed by atoms with Crippen LogP contribution in [0.2, 0.25) is 0 Å². The molecule has 0 aromatic heterocycles. The molecular formula is C16H23N3O2. The molecule has 1 amide bonds. The molecule has 5 heteroatoms. The highest BCUT2D eigenvalue weighted by molar-refractivity contribution is 5.79. The van der Waals surface area contributed by atoms with Crippen LogP contribution in [0.3, 0.4) is 0 Å². The van der Waals surface area contributed by atoms with Crippen molar-refractivity contribution < 1.29 is 9.90 Å². The molecule has 1 aliphatic carbocycles. The van der Waals surface area contributed by atoms with E-state index in [1.807, 2.05) is 25.1 Å². The van der Waals surface area contributed by atoms with Gasteiger partial charge in [-0.05, 0) is 24.5 Å². The smallest absolute Gasteiger partial charge is 0.234 e. The van der Waals surface area contributed by atoms with Gasteiger partial charge in [0.1, 0.15) is 0 Å². The van der Waals surface area contributed by atoms with Crippen LogP contribution in [0.4, 0.5) is 0 Å². The monoisotopic (exact) mass is 289 g/mol. The summed E-state index contributed by atoms with van der Waals surface area (Å²) < 4.78 is 0. The summed E-state index contributed by atoms with van der Waals surface area (Å²) in [6.07, 6.45) is 0.504. The summed E-state index contributed by atoms with van der Waals surface area (Å²) >= 11 is 0. The summed E-state index contributed by atoms with van der Waals surface area (Å²) in [5, 5.41) is 10.5. The van der Waals surface area contributed by atoms with E-state index in [9.17, 15) is 9.90 Å². The quantitative estimate of drug-likeness (QED) is 0.830. The number of hydrogen-bond acceptors (Lipinski definition) is 4. The van der Waals surface area contributed by atoms with Crippen LogP contribution in [0.5, 0.6) is 0 Å². The number of carbonyl (C=O) groups is 1. The summed E-state index contributed by atoms with van der Waals surface area (Å²) in [7, 11) is 0. The number of benzene rings is 1. The van der Waals surface area contributed by atoms with Crippen molar-refractivity contribution in [2.24, 2.45) is 5.73 Å². The molecule has 3 rings (SSSR count). The van der Waals surface area contributed by atoms with Crippen LogP contribution in [-0.2, 0) is 11.2 Å². The number of aliphatic hydroxyl groups is 1. The number of fused-ring (bicyclic) bond motifs is 1. The number of nitrogens with two attached hydrogens (primary N) is 1. The van der Waals surface area contributed by atoms with Gasteiger partial charge in [-0.15, -0.1) is 0 Å². The number of hydrogen-bond donors (Lipinski definition) is 2. The zero-order chi connectivity index (χ0) is 15.0. The van der Waals surface area contributed by atoms with E-state index in [1.54, 1.807) is 0 Å². The molecule has 1 aliphatic heterocycles. The fourth-order valence-electron chi connectivity index (χ4n) is 3.52. The molecule has 1 heterocycles. The molecule has 5 nitrogen and oxygen atoms in total. The van der Waals surface area contributed by atoms with Gasteiger partial charge in [0.25, 0.3) is 0 Å². The van der Waals surface area contributed by atoms with Crippen LogP contribution < -0.4 is 5.73 Å². The molecule has 1 saturated heterocycles. The maximum Gasteiger partial charge on any atom is 0.234 e. The van der Waals surface area contributed by atoms with Crippen LogP contribution in [0.15, 0.2) is 24.3 Å². The first-order valence-electron chi connectivity index (χ1n) is 7.61. The average Bonchev–Trinajstić information content (AvgIpc) is 2.84. The van der Waals surface area contributed by atoms with Crippen LogP contribution in [0, 0.1) is 0 Å². The van der Waals surface area contributed by atoms with Crippen molar-refractivity contribution in [1.29, 1.82) is 0 Å². The maximum absolute atomic E-state index is 11.3. The molecule has 1 fully saturated rings. The van der Waals surface area contributed by atoms with Crippen molar-refractivity contribution in [3.8, 4) is 0 Å². The topological polar surface area (TPSA) is 69.8 Å². The maximum atomic E-state index is 11.3. The van der Waals surface area contributed by atoms with Gasteiger partial charge < -0.3 is 10.8 Å². The fourth-order valence-corrected chi connectivity index (χ4v) is 3.52. The third kappa shape index (κ3) is 2.69. The highest BCUT2D eigenvalue weighted by Crippen LogP contribution is 2.34. The predicted octanol–water partition coefficient (Wildman–Crippen LogP) is 0.136. The van der Waals surface area contributed by atoms with Crippen molar-refractivity contribution >= 4 is 5.91 Å². The average molecular weight is 289 g/mol. The van der Waals surface area contributed by atoms with Crippen molar-refractivity contribution in [3.05, 3.63) is 35.4 Å². The van der Waals surface area contributed by atoms with E-state index in [2.05, 4.69) is 15.9 Å². The molecular weight excluding hydrogens is 266 g/mol. The molecule has 0 unspecified atom stereocenters. The van der Waals surface area contributed by atoms with Gasteiger partial charge in [-0.3, -0.25) is 14.6 Å². The first-order chi connectivity index (χ1) is 10.1. The van der Waals surface area contributed by atoms with Crippen LogP contribution in [0.25, 0.3) is 0 Å². The number of aliphatic hydroxyl groups excluding tert-OH is 1. The Balaban J connectivity index is 1.63. The summed E-state index contributed by atoms with van der Waals surface area (Å²) in [4.78, 5) is 15.7. The van der Waals surface area contributed by atoms with E-state index in [1.165, 1.54) is 5.56 Å². The van der Waals surface area contributed by atoms with Gasteiger partial charge in [0.2, 0.25) is 5.91 Å². The Morgan fingerprint density at radius 1 is 1.29 bits per heavy atom. The second-order valence-corrected chi connectivity index (χ2v) is 6.07. The molecule has 0 bridgehead atoms. The van der Waals surface area contributed by atoms with Gasteiger partial charge in [-0.25, -0.2) is 0 Å². The van der Waals surface area contributed by atoms with Crippen LogP contribution >= 0.6 is 0 Å². The lowest BCUT2D eigenvalue weighted by Crippen LogP contribution is -2.55. The third-order valence-corrected chi connectivity index (χ3v) is 4.94. The third-order valence-electron chi connectivity index (χ3n) is 4.94.